The second kappa shape index (κ2) is 19.4. The van der Waals surface area contributed by atoms with E-state index >= 15 is 8.78 Å². The maximum absolute atomic E-state index is 15.2. The molecule has 4 amide bonds. The largest absolute Gasteiger partial charge is 0.367 e. The Kier molecular flexibility index (Phi) is 13.2. The lowest BCUT2D eigenvalue weighted by Gasteiger charge is -2.38. The van der Waals surface area contributed by atoms with Gasteiger partial charge in [0.15, 0.2) is 11.6 Å². The Morgan fingerprint density at radius 2 is 1.46 bits per heavy atom. The fourth-order valence-corrected chi connectivity index (χ4v) is 7.99. The van der Waals surface area contributed by atoms with E-state index in [0.29, 0.717) is 67.8 Å². The fraction of sp³-hybridized carbons (Fsp3) is 0.311. The van der Waals surface area contributed by atoms with Gasteiger partial charge in [0.25, 0.3) is 11.8 Å². The third kappa shape index (κ3) is 10.8. The zero-order valence-electron chi connectivity index (χ0n) is 34.3. The lowest BCUT2D eigenvalue weighted by atomic mass is 9.89. The molecule has 0 bridgehead atoms. The van der Waals surface area contributed by atoms with E-state index in [4.69, 9.17) is 0 Å². The number of nitrogens with zero attached hydrogens (tertiary/aromatic N) is 6. The summed E-state index contributed by atoms with van der Waals surface area (Å²) in [6, 6.07) is 20.8. The first kappa shape index (κ1) is 42.8. The maximum Gasteiger partial charge on any atom is 0.274 e. The van der Waals surface area contributed by atoms with E-state index in [2.05, 4.69) is 46.5 Å². The van der Waals surface area contributed by atoms with E-state index in [-0.39, 0.29) is 53.4 Å². The van der Waals surface area contributed by atoms with E-state index in [0.717, 1.165) is 38.1 Å². The molecule has 15 nitrogen and oxygen atoms in total. The third-order valence-corrected chi connectivity index (χ3v) is 11.6. The lowest BCUT2D eigenvalue weighted by molar-refractivity contribution is -0.134. The second-order valence-electron chi connectivity index (χ2n) is 15.8. The van der Waals surface area contributed by atoms with Crippen LogP contribution in [-0.2, 0) is 9.59 Å². The van der Waals surface area contributed by atoms with Crippen LogP contribution in [0.25, 0.3) is 0 Å². The molecule has 326 valence electrons. The third-order valence-electron chi connectivity index (χ3n) is 11.6. The highest BCUT2D eigenvalue weighted by atomic mass is 19.1. The Bertz CT molecular complexity index is 2450. The average molecular weight is 862 g/mol. The van der Waals surface area contributed by atoms with Gasteiger partial charge >= 0.3 is 0 Å². The van der Waals surface area contributed by atoms with E-state index < -0.39 is 35.2 Å². The van der Waals surface area contributed by atoms with Crippen molar-refractivity contribution >= 4 is 58.1 Å². The van der Waals surface area contributed by atoms with Crippen molar-refractivity contribution in [2.75, 3.05) is 66.7 Å². The number of halogens is 3. The molecule has 5 heterocycles. The molecule has 1 atom stereocenters. The Hall–Kier alpha value is -6.92. The molecule has 3 aliphatic rings. The van der Waals surface area contributed by atoms with Gasteiger partial charge in [-0.25, -0.2) is 23.2 Å². The van der Waals surface area contributed by atoms with Crippen molar-refractivity contribution in [1.29, 1.82) is 0 Å². The second-order valence-corrected chi connectivity index (χ2v) is 15.8. The Morgan fingerprint density at radius 3 is 2.17 bits per heavy atom. The van der Waals surface area contributed by atoms with Gasteiger partial charge in [-0.3, -0.25) is 39.8 Å². The predicted octanol–water partition coefficient (Wildman–Crippen LogP) is 6.12. The van der Waals surface area contributed by atoms with Crippen LogP contribution in [0.15, 0.2) is 91.3 Å². The number of aromatic nitrogens is 3. The number of nitrogens with one attached hydrogen (secondary N) is 5. The van der Waals surface area contributed by atoms with E-state index in [9.17, 15) is 23.6 Å². The number of rotatable bonds is 13. The maximum atomic E-state index is 15.2. The molecule has 3 aromatic carbocycles. The summed E-state index contributed by atoms with van der Waals surface area (Å²) in [7, 11) is 0. The molecule has 3 saturated heterocycles. The minimum Gasteiger partial charge on any atom is -0.367 e. The summed E-state index contributed by atoms with van der Waals surface area (Å²) in [6.45, 7) is 4.83. The molecule has 2 aromatic heterocycles. The van der Waals surface area contributed by atoms with Gasteiger partial charge < -0.3 is 20.9 Å². The number of carbonyl (C=O) groups excluding carboxylic acids is 4. The first-order valence-corrected chi connectivity index (χ1v) is 20.9. The quantitative estimate of drug-likeness (QED) is 0.0860. The summed E-state index contributed by atoms with van der Waals surface area (Å²) in [4.78, 5) is 65.8. The van der Waals surface area contributed by atoms with Crippen LogP contribution in [0.4, 0.5) is 47.7 Å². The highest BCUT2D eigenvalue weighted by Crippen LogP contribution is 2.32. The fourth-order valence-electron chi connectivity index (χ4n) is 7.99. The number of imide groups is 1. The summed E-state index contributed by atoms with van der Waals surface area (Å²) >= 11 is 0. The van der Waals surface area contributed by atoms with Crippen LogP contribution in [0.2, 0.25) is 0 Å². The highest BCUT2D eigenvalue weighted by molar-refractivity contribution is 6.03. The van der Waals surface area contributed by atoms with Crippen molar-refractivity contribution in [3.8, 4) is 0 Å². The molecule has 0 spiro atoms. The summed E-state index contributed by atoms with van der Waals surface area (Å²) in [6.07, 6.45) is 5.68. The van der Waals surface area contributed by atoms with Crippen molar-refractivity contribution in [2.24, 2.45) is 5.92 Å². The number of hydrogen-bond donors (Lipinski definition) is 5. The first-order chi connectivity index (χ1) is 30.5. The molecule has 0 radical (unpaired) electrons. The van der Waals surface area contributed by atoms with Crippen molar-refractivity contribution in [2.45, 2.75) is 38.0 Å². The molecule has 3 fully saturated rings. The smallest absolute Gasteiger partial charge is 0.274 e. The SMILES string of the molecule is O=C1CCC(c2cc(F)c(N3CCN(CCC4CCN(NC(=O)c5ccc(Nc6ncc(F)c(Nc7ccc(NC(=O)c8ccccn8)cc7)n6)cc5)CC4)CC3)cc2F)C(=O)N1. The standard InChI is InChI=1S/C45H46F3N11O4/c46-35-26-39(36(47)25-34(35)33-12-13-40(60)54-43(33)62)58-23-21-57(22-24-58)18-14-28-15-19-59(20-16-28)56-42(61)29-4-6-32(7-5-29)53-45-50-27-37(48)41(55-45)51-30-8-10-31(11-9-30)52-44(63)38-3-1-2-17-49-38/h1-11,17,25-28,33H,12-16,18-24H2,(H,52,63)(H,56,61)(H,54,60,62)(H2,50,51,53,55). The van der Waals surface area contributed by atoms with Crippen LogP contribution >= 0.6 is 0 Å². The van der Waals surface area contributed by atoms with E-state index in [1.54, 1.807) is 66.7 Å². The van der Waals surface area contributed by atoms with Gasteiger partial charge in [-0.1, -0.05) is 6.07 Å². The van der Waals surface area contributed by atoms with E-state index in [1.807, 2.05) is 9.91 Å². The normalized spacial score (nSPS) is 17.5. The number of amides is 4. The minimum absolute atomic E-state index is 0.0225. The number of anilines is 6. The number of carbonyl (C=O) groups is 4. The summed E-state index contributed by atoms with van der Waals surface area (Å²) in [5, 5.41) is 12.9. The van der Waals surface area contributed by atoms with Crippen molar-refractivity contribution in [3.05, 3.63) is 126 Å². The Morgan fingerprint density at radius 1 is 0.746 bits per heavy atom. The zero-order valence-corrected chi connectivity index (χ0v) is 34.3. The van der Waals surface area contributed by atoms with Crippen LogP contribution in [-0.4, -0.2) is 94.3 Å². The summed E-state index contributed by atoms with van der Waals surface area (Å²) in [5.41, 5.74) is 5.60. The minimum atomic E-state index is -0.888. The average Bonchev–Trinajstić information content (AvgIpc) is 3.29. The van der Waals surface area contributed by atoms with Crippen LogP contribution in [0.1, 0.15) is 64.4 Å². The van der Waals surface area contributed by atoms with Gasteiger partial charge in [-0.2, -0.15) is 4.98 Å². The molecule has 63 heavy (non-hydrogen) atoms. The van der Waals surface area contributed by atoms with Crippen molar-refractivity contribution in [1.82, 2.24) is 35.6 Å². The molecular weight excluding hydrogens is 816 g/mol. The van der Waals surface area contributed by atoms with Gasteiger partial charge in [0, 0.05) is 86.1 Å². The van der Waals surface area contributed by atoms with Gasteiger partial charge in [0.2, 0.25) is 17.8 Å². The number of piperidine rings is 2. The first-order valence-electron chi connectivity index (χ1n) is 20.9. The zero-order chi connectivity index (χ0) is 43.9. The number of benzene rings is 3. The molecule has 8 rings (SSSR count). The predicted molar refractivity (Wildman–Crippen MR) is 230 cm³/mol. The molecule has 5 aromatic rings. The number of piperazine rings is 1. The highest BCUT2D eigenvalue weighted by Gasteiger charge is 2.32. The molecule has 5 N–H and O–H groups in total. The van der Waals surface area contributed by atoms with Crippen LogP contribution < -0.4 is 31.6 Å². The monoisotopic (exact) mass is 861 g/mol. The van der Waals surface area contributed by atoms with Crippen molar-refractivity contribution in [3.63, 3.8) is 0 Å². The lowest BCUT2D eigenvalue weighted by Crippen LogP contribution is -2.48. The van der Waals surface area contributed by atoms with Gasteiger partial charge in [-0.05, 0) is 105 Å². The molecular formula is C45H46F3N11O4. The summed E-state index contributed by atoms with van der Waals surface area (Å²) < 4.78 is 45.0. The Labute approximate surface area is 361 Å². The molecule has 1 unspecified atom stereocenters. The topological polar surface area (TPSA) is 177 Å². The summed E-state index contributed by atoms with van der Waals surface area (Å²) in [5.74, 6) is -3.77. The Balaban J connectivity index is 0.746. The van der Waals surface area contributed by atoms with Crippen LogP contribution in [0.3, 0.4) is 0 Å². The molecule has 0 aliphatic carbocycles. The molecule has 18 heteroatoms. The molecule has 0 saturated carbocycles. The number of hydrogen-bond acceptors (Lipinski definition) is 12. The van der Waals surface area contributed by atoms with Gasteiger partial charge in [-0.15, -0.1) is 0 Å². The van der Waals surface area contributed by atoms with Crippen LogP contribution in [0, 0.1) is 23.4 Å². The number of pyridine rings is 1. The van der Waals surface area contributed by atoms with Crippen LogP contribution in [0.5, 0.6) is 0 Å². The number of hydrazine groups is 1. The molecule has 3 aliphatic heterocycles. The van der Waals surface area contributed by atoms with Gasteiger partial charge in [0.05, 0.1) is 17.8 Å². The van der Waals surface area contributed by atoms with Gasteiger partial charge in [0.1, 0.15) is 17.3 Å². The van der Waals surface area contributed by atoms with Crippen molar-refractivity contribution < 1.29 is 32.3 Å². The van der Waals surface area contributed by atoms with E-state index in [1.165, 1.54) is 12.3 Å².